The largest absolute Gasteiger partial charge is 0.493 e. The first kappa shape index (κ1) is 13.7. The van der Waals surface area contributed by atoms with Crippen molar-refractivity contribution in [1.82, 2.24) is 0 Å². The molecule has 0 heterocycles. The summed E-state index contributed by atoms with van der Waals surface area (Å²) in [7, 11) is 0. The highest BCUT2D eigenvalue weighted by Crippen LogP contribution is 2.27. The lowest BCUT2D eigenvalue weighted by Crippen LogP contribution is -2.15. The SMILES string of the molecule is Cc1cc(OCC2CCCCC2)cc(C(=O)O)c1N. The zero-order valence-corrected chi connectivity index (χ0v) is 11.3. The number of ether oxygens (including phenoxy) is 1. The van der Waals surface area contributed by atoms with Gasteiger partial charge < -0.3 is 15.6 Å². The Hall–Kier alpha value is -1.71. The second-order valence-electron chi connectivity index (χ2n) is 5.32. The molecule has 4 heteroatoms. The van der Waals surface area contributed by atoms with Crippen molar-refractivity contribution in [2.24, 2.45) is 5.92 Å². The molecule has 1 aliphatic rings. The zero-order valence-electron chi connectivity index (χ0n) is 11.3. The molecular formula is C15H21NO3. The van der Waals surface area contributed by atoms with Gasteiger partial charge in [-0.3, -0.25) is 0 Å². The third-order valence-corrected chi connectivity index (χ3v) is 3.80. The fourth-order valence-corrected chi connectivity index (χ4v) is 2.59. The number of aromatic carboxylic acids is 1. The van der Waals surface area contributed by atoms with Crippen LogP contribution in [0.3, 0.4) is 0 Å². The molecule has 3 N–H and O–H groups in total. The van der Waals surface area contributed by atoms with E-state index in [9.17, 15) is 4.79 Å². The van der Waals surface area contributed by atoms with E-state index in [1.54, 1.807) is 6.92 Å². The predicted octanol–water partition coefficient (Wildman–Crippen LogP) is 3.23. The quantitative estimate of drug-likeness (QED) is 0.818. The van der Waals surface area contributed by atoms with Crippen LogP contribution in [0.2, 0.25) is 0 Å². The van der Waals surface area contributed by atoms with Crippen LogP contribution < -0.4 is 10.5 Å². The van der Waals surface area contributed by atoms with E-state index in [-0.39, 0.29) is 5.56 Å². The van der Waals surface area contributed by atoms with Crippen LogP contribution in [-0.4, -0.2) is 17.7 Å². The highest BCUT2D eigenvalue weighted by Gasteiger charge is 2.16. The van der Waals surface area contributed by atoms with E-state index in [1.165, 1.54) is 38.2 Å². The maximum absolute atomic E-state index is 11.1. The molecule has 0 bridgehead atoms. The number of aryl methyl sites for hydroxylation is 1. The van der Waals surface area contributed by atoms with Gasteiger partial charge in [-0.25, -0.2) is 4.79 Å². The summed E-state index contributed by atoms with van der Waals surface area (Å²) >= 11 is 0. The van der Waals surface area contributed by atoms with Gasteiger partial charge in [-0.2, -0.15) is 0 Å². The van der Waals surface area contributed by atoms with Gasteiger partial charge in [-0.15, -0.1) is 0 Å². The first-order valence-corrected chi connectivity index (χ1v) is 6.84. The number of nitrogens with two attached hydrogens (primary N) is 1. The minimum Gasteiger partial charge on any atom is -0.493 e. The Labute approximate surface area is 113 Å². The highest BCUT2D eigenvalue weighted by atomic mass is 16.5. The number of rotatable bonds is 4. The standard InChI is InChI=1S/C15H21NO3/c1-10-7-12(8-13(14(10)16)15(17)18)19-9-11-5-3-2-4-6-11/h7-8,11H,2-6,9,16H2,1H3,(H,17,18). The lowest BCUT2D eigenvalue weighted by Gasteiger charge is -2.22. The molecule has 1 aromatic rings. The molecule has 1 aliphatic carbocycles. The fraction of sp³-hybridized carbons (Fsp3) is 0.533. The molecule has 4 nitrogen and oxygen atoms in total. The fourth-order valence-electron chi connectivity index (χ4n) is 2.59. The molecule has 1 saturated carbocycles. The number of benzene rings is 1. The number of anilines is 1. The van der Waals surface area contributed by atoms with Crippen molar-refractivity contribution >= 4 is 11.7 Å². The van der Waals surface area contributed by atoms with Crippen LogP contribution in [0.4, 0.5) is 5.69 Å². The minimum absolute atomic E-state index is 0.124. The van der Waals surface area contributed by atoms with Crippen molar-refractivity contribution in [1.29, 1.82) is 0 Å². The van der Waals surface area contributed by atoms with Gasteiger partial charge in [0, 0.05) is 5.69 Å². The lowest BCUT2D eigenvalue weighted by atomic mass is 9.90. The summed E-state index contributed by atoms with van der Waals surface area (Å²) in [6.07, 6.45) is 6.28. The van der Waals surface area contributed by atoms with E-state index >= 15 is 0 Å². The second-order valence-corrected chi connectivity index (χ2v) is 5.32. The molecule has 104 valence electrons. The number of nitrogen functional groups attached to an aromatic ring is 1. The maximum Gasteiger partial charge on any atom is 0.337 e. The van der Waals surface area contributed by atoms with Crippen LogP contribution in [0.1, 0.15) is 48.0 Å². The van der Waals surface area contributed by atoms with Crippen molar-refractivity contribution in [2.75, 3.05) is 12.3 Å². The average molecular weight is 263 g/mol. The molecule has 19 heavy (non-hydrogen) atoms. The Morgan fingerprint density at radius 1 is 1.37 bits per heavy atom. The molecule has 0 unspecified atom stereocenters. The van der Waals surface area contributed by atoms with Crippen molar-refractivity contribution in [3.8, 4) is 5.75 Å². The van der Waals surface area contributed by atoms with Crippen LogP contribution >= 0.6 is 0 Å². The molecule has 1 fully saturated rings. The lowest BCUT2D eigenvalue weighted by molar-refractivity contribution is 0.0697. The van der Waals surface area contributed by atoms with Crippen molar-refractivity contribution in [3.05, 3.63) is 23.3 Å². The van der Waals surface area contributed by atoms with Crippen LogP contribution in [0, 0.1) is 12.8 Å². The molecule has 2 rings (SSSR count). The van der Waals surface area contributed by atoms with E-state index in [0.717, 1.165) is 5.56 Å². The van der Waals surface area contributed by atoms with Crippen LogP contribution in [0.5, 0.6) is 5.75 Å². The summed E-state index contributed by atoms with van der Waals surface area (Å²) in [6, 6.07) is 3.33. The van der Waals surface area contributed by atoms with Crippen LogP contribution in [0.15, 0.2) is 12.1 Å². The number of hydrogen-bond acceptors (Lipinski definition) is 3. The molecule has 0 aromatic heterocycles. The third kappa shape index (κ3) is 3.40. The smallest absolute Gasteiger partial charge is 0.337 e. The number of carbonyl (C=O) groups is 1. The maximum atomic E-state index is 11.1. The summed E-state index contributed by atoms with van der Waals surface area (Å²) in [6.45, 7) is 2.47. The van der Waals surface area contributed by atoms with Gasteiger partial charge in [-0.05, 0) is 43.4 Å². The Morgan fingerprint density at radius 2 is 2.05 bits per heavy atom. The Kier molecular flexibility index (Phi) is 4.30. The minimum atomic E-state index is -1.01. The average Bonchev–Trinajstić information content (AvgIpc) is 2.41. The second kappa shape index (κ2) is 5.95. The molecule has 0 radical (unpaired) electrons. The van der Waals surface area contributed by atoms with Gasteiger partial charge in [0.25, 0.3) is 0 Å². The zero-order chi connectivity index (χ0) is 13.8. The van der Waals surface area contributed by atoms with Gasteiger partial charge in [0.2, 0.25) is 0 Å². The normalized spacial score (nSPS) is 16.3. The van der Waals surface area contributed by atoms with E-state index in [0.29, 0.717) is 24.0 Å². The topological polar surface area (TPSA) is 72.5 Å². The number of hydrogen-bond donors (Lipinski definition) is 2. The summed E-state index contributed by atoms with van der Waals surface area (Å²) in [4.78, 5) is 11.1. The Balaban J connectivity index is 2.05. The van der Waals surface area contributed by atoms with E-state index in [4.69, 9.17) is 15.6 Å². The van der Waals surface area contributed by atoms with Gasteiger partial charge >= 0.3 is 5.97 Å². The number of carboxylic acids is 1. The van der Waals surface area contributed by atoms with Crippen LogP contribution in [-0.2, 0) is 0 Å². The van der Waals surface area contributed by atoms with Gasteiger partial charge in [0.15, 0.2) is 0 Å². The van der Waals surface area contributed by atoms with E-state index in [1.807, 2.05) is 6.07 Å². The molecular weight excluding hydrogens is 242 g/mol. The van der Waals surface area contributed by atoms with Gasteiger partial charge in [-0.1, -0.05) is 19.3 Å². The van der Waals surface area contributed by atoms with Crippen molar-refractivity contribution < 1.29 is 14.6 Å². The Morgan fingerprint density at radius 3 is 2.68 bits per heavy atom. The van der Waals surface area contributed by atoms with Gasteiger partial charge in [0.1, 0.15) is 5.75 Å². The predicted molar refractivity (Wildman–Crippen MR) is 74.6 cm³/mol. The molecule has 0 aliphatic heterocycles. The van der Waals surface area contributed by atoms with Crippen molar-refractivity contribution in [2.45, 2.75) is 39.0 Å². The van der Waals surface area contributed by atoms with Crippen molar-refractivity contribution in [3.63, 3.8) is 0 Å². The monoisotopic (exact) mass is 263 g/mol. The first-order valence-electron chi connectivity index (χ1n) is 6.84. The number of carboxylic acid groups (broad SMARTS) is 1. The third-order valence-electron chi connectivity index (χ3n) is 3.80. The van der Waals surface area contributed by atoms with E-state index in [2.05, 4.69) is 0 Å². The summed E-state index contributed by atoms with van der Waals surface area (Å²) in [5, 5.41) is 9.10. The first-order chi connectivity index (χ1) is 9.08. The molecule has 0 amide bonds. The Bertz CT molecular complexity index is 465. The van der Waals surface area contributed by atoms with Crippen LogP contribution in [0.25, 0.3) is 0 Å². The molecule has 0 saturated heterocycles. The summed E-state index contributed by atoms with van der Waals surface area (Å²) < 4.78 is 5.75. The molecule has 0 atom stereocenters. The summed E-state index contributed by atoms with van der Waals surface area (Å²) in [5.74, 6) is 0.193. The molecule has 1 aromatic carbocycles. The van der Waals surface area contributed by atoms with Gasteiger partial charge in [0.05, 0.1) is 12.2 Å². The molecule has 0 spiro atoms. The summed E-state index contributed by atoms with van der Waals surface area (Å²) in [5.41, 5.74) is 6.94. The van der Waals surface area contributed by atoms with E-state index < -0.39 is 5.97 Å². The highest BCUT2D eigenvalue weighted by molar-refractivity contribution is 5.95.